The summed E-state index contributed by atoms with van der Waals surface area (Å²) in [6.07, 6.45) is 0. The van der Waals surface area contributed by atoms with E-state index in [1.54, 1.807) is 6.92 Å². The minimum absolute atomic E-state index is 0. The van der Waals surface area contributed by atoms with Crippen molar-refractivity contribution in [2.75, 3.05) is 6.54 Å². The summed E-state index contributed by atoms with van der Waals surface area (Å²) in [4.78, 5) is 24.1. The van der Waals surface area contributed by atoms with Crippen LogP contribution in [-0.2, 0) is 16.1 Å². The fourth-order valence-electron chi connectivity index (χ4n) is 1.49. The van der Waals surface area contributed by atoms with Gasteiger partial charge in [0.2, 0.25) is 11.8 Å². The van der Waals surface area contributed by atoms with Gasteiger partial charge < -0.3 is 16.4 Å². The van der Waals surface area contributed by atoms with Crippen molar-refractivity contribution in [3.05, 3.63) is 35.9 Å². The second-order valence-corrected chi connectivity index (χ2v) is 3.93. The lowest BCUT2D eigenvalue weighted by Gasteiger charge is -2.23. The molecule has 0 aromatic heterocycles. The third-order valence-corrected chi connectivity index (χ3v) is 2.26. The molecule has 100 valence electrons. The van der Waals surface area contributed by atoms with Gasteiger partial charge in [-0.25, -0.2) is 0 Å². The van der Waals surface area contributed by atoms with E-state index in [2.05, 4.69) is 0 Å². The van der Waals surface area contributed by atoms with Crippen LogP contribution >= 0.6 is 12.4 Å². The van der Waals surface area contributed by atoms with Crippen LogP contribution in [0.2, 0.25) is 0 Å². The molecule has 0 bridgehead atoms. The molecule has 0 spiro atoms. The predicted molar refractivity (Wildman–Crippen MR) is 72.0 cm³/mol. The smallest absolute Gasteiger partial charge is 0.239 e. The molecule has 6 heteroatoms. The van der Waals surface area contributed by atoms with Crippen molar-refractivity contribution in [2.45, 2.75) is 19.5 Å². The molecule has 1 rings (SSSR count). The number of nitrogens with two attached hydrogens (primary N) is 2. The van der Waals surface area contributed by atoms with Gasteiger partial charge in [-0.05, 0) is 12.5 Å². The predicted octanol–water partition coefficient (Wildman–Crippen LogP) is 0.270. The first kappa shape index (κ1) is 16.4. The van der Waals surface area contributed by atoms with Gasteiger partial charge in [0.25, 0.3) is 0 Å². The highest BCUT2D eigenvalue weighted by molar-refractivity contribution is 5.86. The molecule has 0 fully saturated rings. The minimum Gasteiger partial charge on any atom is -0.368 e. The summed E-state index contributed by atoms with van der Waals surface area (Å²) < 4.78 is 0. The normalized spacial score (nSPS) is 11.2. The lowest BCUT2D eigenvalue weighted by molar-refractivity contribution is -0.136. The monoisotopic (exact) mass is 271 g/mol. The molecule has 1 atom stereocenters. The van der Waals surface area contributed by atoms with E-state index in [4.69, 9.17) is 11.5 Å². The van der Waals surface area contributed by atoms with E-state index >= 15 is 0 Å². The lowest BCUT2D eigenvalue weighted by Crippen LogP contribution is -2.45. The molecule has 0 aliphatic carbocycles. The number of nitrogens with zero attached hydrogens (tertiary/aromatic N) is 1. The van der Waals surface area contributed by atoms with Gasteiger partial charge in [0.1, 0.15) is 0 Å². The summed E-state index contributed by atoms with van der Waals surface area (Å²) in [5.74, 6) is -0.831. The highest BCUT2D eigenvalue weighted by Gasteiger charge is 2.19. The molecule has 18 heavy (non-hydrogen) atoms. The van der Waals surface area contributed by atoms with Gasteiger partial charge in [-0.2, -0.15) is 0 Å². The van der Waals surface area contributed by atoms with E-state index in [1.807, 2.05) is 30.3 Å². The topological polar surface area (TPSA) is 89.4 Å². The average Bonchev–Trinajstić information content (AvgIpc) is 2.28. The Morgan fingerprint density at radius 1 is 1.28 bits per heavy atom. The summed E-state index contributed by atoms with van der Waals surface area (Å²) in [5.41, 5.74) is 11.6. The lowest BCUT2D eigenvalue weighted by atomic mass is 10.2. The van der Waals surface area contributed by atoms with Gasteiger partial charge in [-0.1, -0.05) is 30.3 Å². The van der Waals surface area contributed by atoms with Crippen LogP contribution in [-0.4, -0.2) is 29.3 Å². The van der Waals surface area contributed by atoms with Crippen molar-refractivity contribution in [3.63, 3.8) is 0 Å². The summed E-state index contributed by atoms with van der Waals surface area (Å²) in [6, 6.07) is 8.74. The molecule has 0 unspecified atom stereocenters. The molecule has 0 aliphatic heterocycles. The first-order chi connectivity index (χ1) is 8.00. The Balaban J connectivity index is 0.00000289. The zero-order valence-corrected chi connectivity index (χ0v) is 11.0. The van der Waals surface area contributed by atoms with Crippen LogP contribution in [0.5, 0.6) is 0 Å². The SMILES string of the molecule is C[C@H](N)C(=O)N(CC(N)=O)Cc1ccccc1.Cl. The average molecular weight is 272 g/mol. The van der Waals surface area contributed by atoms with E-state index in [0.717, 1.165) is 5.56 Å². The number of hydrogen-bond donors (Lipinski definition) is 2. The fraction of sp³-hybridized carbons (Fsp3) is 0.333. The number of amides is 2. The third-order valence-electron chi connectivity index (χ3n) is 2.26. The minimum atomic E-state index is -0.641. The van der Waals surface area contributed by atoms with E-state index < -0.39 is 11.9 Å². The Bertz CT molecular complexity index is 396. The number of primary amides is 1. The van der Waals surface area contributed by atoms with Crippen LogP contribution in [0.3, 0.4) is 0 Å². The Kier molecular flexibility index (Phi) is 7.00. The van der Waals surface area contributed by atoms with Crippen LogP contribution in [0.25, 0.3) is 0 Å². The van der Waals surface area contributed by atoms with Crippen LogP contribution in [0.15, 0.2) is 30.3 Å². The Hall–Kier alpha value is -1.59. The summed E-state index contributed by atoms with van der Waals surface area (Å²) in [7, 11) is 0. The number of rotatable bonds is 5. The molecule has 0 saturated heterocycles. The molecule has 4 N–H and O–H groups in total. The first-order valence-corrected chi connectivity index (χ1v) is 5.37. The summed E-state index contributed by atoms with van der Waals surface area (Å²) >= 11 is 0. The van der Waals surface area contributed by atoms with Gasteiger partial charge in [-0.15, -0.1) is 12.4 Å². The van der Waals surface area contributed by atoms with Crippen LogP contribution in [0, 0.1) is 0 Å². The van der Waals surface area contributed by atoms with Gasteiger partial charge in [-0.3, -0.25) is 9.59 Å². The van der Waals surface area contributed by atoms with E-state index in [0.29, 0.717) is 6.54 Å². The van der Waals surface area contributed by atoms with Crippen LogP contribution in [0.4, 0.5) is 0 Å². The molecular formula is C12H18ClN3O2. The first-order valence-electron chi connectivity index (χ1n) is 5.37. The van der Waals surface area contributed by atoms with Crippen molar-refractivity contribution in [3.8, 4) is 0 Å². The molecule has 1 aromatic rings. The quantitative estimate of drug-likeness (QED) is 0.805. The number of halogens is 1. The largest absolute Gasteiger partial charge is 0.368 e. The standard InChI is InChI=1S/C12H17N3O2.ClH/c1-9(13)12(17)15(8-11(14)16)7-10-5-3-2-4-6-10;/h2-6,9H,7-8,13H2,1H3,(H2,14,16);1H/t9-;/m0./s1. The van der Waals surface area contributed by atoms with Crippen molar-refractivity contribution >= 4 is 24.2 Å². The van der Waals surface area contributed by atoms with Gasteiger partial charge >= 0.3 is 0 Å². The van der Waals surface area contributed by atoms with E-state index in [1.165, 1.54) is 4.90 Å². The van der Waals surface area contributed by atoms with E-state index in [9.17, 15) is 9.59 Å². The zero-order valence-electron chi connectivity index (χ0n) is 10.2. The number of hydrogen-bond acceptors (Lipinski definition) is 3. The van der Waals surface area contributed by atoms with Gasteiger partial charge in [0.15, 0.2) is 0 Å². The molecule has 0 aliphatic rings. The van der Waals surface area contributed by atoms with Gasteiger partial charge in [0, 0.05) is 6.54 Å². The third kappa shape index (κ3) is 5.16. The molecule has 0 heterocycles. The molecule has 0 radical (unpaired) electrons. The molecular weight excluding hydrogens is 254 g/mol. The second-order valence-electron chi connectivity index (χ2n) is 3.93. The van der Waals surface area contributed by atoms with Crippen molar-refractivity contribution in [2.24, 2.45) is 11.5 Å². The maximum Gasteiger partial charge on any atom is 0.239 e. The van der Waals surface area contributed by atoms with Gasteiger partial charge in [0.05, 0.1) is 12.6 Å². The highest BCUT2D eigenvalue weighted by atomic mass is 35.5. The summed E-state index contributed by atoms with van der Waals surface area (Å²) in [5, 5.41) is 0. The Morgan fingerprint density at radius 3 is 2.28 bits per heavy atom. The highest BCUT2D eigenvalue weighted by Crippen LogP contribution is 2.05. The molecule has 2 amide bonds. The number of benzene rings is 1. The number of carbonyl (C=O) groups is 2. The molecule has 1 aromatic carbocycles. The Morgan fingerprint density at radius 2 is 1.83 bits per heavy atom. The van der Waals surface area contributed by atoms with E-state index in [-0.39, 0.29) is 24.9 Å². The van der Waals surface area contributed by atoms with Crippen molar-refractivity contribution < 1.29 is 9.59 Å². The number of carbonyl (C=O) groups excluding carboxylic acids is 2. The Labute approximate surface area is 113 Å². The summed E-state index contributed by atoms with van der Waals surface area (Å²) in [6.45, 7) is 1.81. The second kappa shape index (κ2) is 7.68. The van der Waals surface area contributed by atoms with Crippen molar-refractivity contribution in [1.29, 1.82) is 0 Å². The van der Waals surface area contributed by atoms with Crippen LogP contribution < -0.4 is 11.5 Å². The maximum atomic E-state index is 11.8. The maximum absolute atomic E-state index is 11.8. The fourth-order valence-corrected chi connectivity index (χ4v) is 1.49. The van der Waals surface area contributed by atoms with Crippen LogP contribution in [0.1, 0.15) is 12.5 Å². The molecule has 0 saturated carbocycles. The molecule has 5 nitrogen and oxygen atoms in total. The van der Waals surface area contributed by atoms with Crippen molar-refractivity contribution in [1.82, 2.24) is 4.90 Å². The zero-order chi connectivity index (χ0) is 12.8.